The molecule has 2 rings (SSSR count). The molecule has 0 aliphatic heterocycles. The average molecular weight is 581 g/mol. The second-order valence-electron chi connectivity index (χ2n) is 8.93. The van der Waals surface area contributed by atoms with Gasteiger partial charge in [0.2, 0.25) is 23.6 Å². The van der Waals surface area contributed by atoms with Crippen molar-refractivity contribution in [2.45, 2.75) is 56.3 Å². The zero-order chi connectivity index (χ0) is 29.5. The molecule has 0 saturated heterocycles. The molecule has 0 aromatic carbocycles. The fraction of sp³-hybridized carbons (Fsp3) is 0.522. The van der Waals surface area contributed by atoms with Crippen LogP contribution in [0.2, 0.25) is 0 Å². The largest absolute Gasteiger partial charge is 0.480 e. The van der Waals surface area contributed by atoms with Gasteiger partial charge in [0, 0.05) is 42.4 Å². The van der Waals surface area contributed by atoms with Gasteiger partial charge < -0.3 is 47.8 Å². The van der Waals surface area contributed by atoms with Crippen LogP contribution in [0.5, 0.6) is 0 Å². The van der Waals surface area contributed by atoms with Crippen molar-refractivity contribution in [2.75, 3.05) is 18.8 Å². The molecule has 0 aliphatic carbocycles. The molecule has 4 atom stereocenters. The molecule has 40 heavy (non-hydrogen) atoms. The highest BCUT2D eigenvalue weighted by Crippen LogP contribution is 2.05. The molecule has 4 unspecified atom stereocenters. The predicted molar refractivity (Wildman–Crippen MR) is 146 cm³/mol. The number of aromatic amines is 2. The zero-order valence-corrected chi connectivity index (χ0v) is 22.7. The van der Waals surface area contributed by atoms with E-state index in [0.29, 0.717) is 30.8 Å². The van der Waals surface area contributed by atoms with E-state index in [-0.39, 0.29) is 25.0 Å². The summed E-state index contributed by atoms with van der Waals surface area (Å²) in [6, 6.07) is -4.33. The molecule has 17 heteroatoms. The Kier molecular flexibility index (Phi) is 13.6. The second kappa shape index (κ2) is 16.9. The topological polar surface area (TPSA) is 263 Å². The Morgan fingerprint density at radius 3 is 2.05 bits per heavy atom. The lowest BCUT2D eigenvalue weighted by atomic mass is 10.1. The van der Waals surface area contributed by atoms with E-state index in [4.69, 9.17) is 11.5 Å². The van der Waals surface area contributed by atoms with Gasteiger partial charge >= 0.3 is 5.97 Å². The van der Waals surface area contributed by atoms with Gasteiger partial charge in [-0.2, -0.15) is 12.6 Å². The van der Waals surface area contributed by atoms with Gasteiger partial charge in [0.1, 0.15) is 18.1 Å². The molecule has 4 amide bonds. The highest BCUT2D eigenvalue weighted by atomic mass is 32.1. The molecule has 0 fully saturated rings. The summed E-state index contributed by atoms with van der Waals surface area (Å²) < 4.78 is 0. The van der Waals surface area contributed by atoms with Crippen molar-refractivity contribution in [2.24, 2.45) is 11.5 Å². The first-order valence-corrected chi connectivity index (χ1v) is 13.2. The van der Waals surface area contributed by atoms with Crippen LogP contribution in [0.3, 0.4) is 0 Å². The molecule has 0 saturated carbocycles. The lowest BCUT2D eigenvalue weighted by Gasteiger charge is -2.23. The lowest BCUT2D eigenvalue weighted by Crippen LogP contribution is -2.57. The normalized spacial score (nSPS) is 13.9. The van der Waals surface area contributed by atoms with Crippen molar-refractivity contribution in [3.8, 4) is 0 Å². The summed E-state index contributed by atoms with van der Waals surface area (Å²) in [5, 5.41) is 19.2. The first kappa shape index (κ1) is 32.3. The fourth-order valence-electron chi connectivity index (χ4n) is 3.58. The van der Waals surface area contributed by atoms with E-state index >= 15 is 0 Å². The van der Waals surface area contributed by atoms with E-state index in [9.17, 15) is 29.1 Å². The lowest BCUT2D eigenvalue weighted by molar-refractivity contribution is -0.141. The monoisotopic (exact) mass is 580 g/mol. The minimum Gasteiger partial charge on any atom is -0.480 e. The number of nitrogens with two attached hydrogens (primary N) is 2. The van der Waals surface area contributed by atoms with Crippen molar-refractivity contribution in [1.82, 2.24) is 41.2 Å². The van der Waals surface area contributed by atoms with Gasteiger partial charge in [-0.25, -0.2) is 14.8 Å². The Hall–Kier alpha value is -3.96. The minimum atomic E-state index is -1.26. The molecule has 2 aromatic heterocycles. The first-order chi connectivity index (χ1) is 19.1. The average Bonchev–Trinajstić information content (AvgIpc) is 3.63. The molecule has 0 radical (unpaired) electrons. The van der Waals surface area contributed by atoms with E-state index in [1.54, 1.807) is 0 Å². The molecule has 220 valence electrons. The molecule has 2 aromatic rings. The number of aromatic nitrogens is 4. The molecule has 16 nitrogen and oxygen atoms in total. The number of nitrogens with zero attached hydrogens (tertiary/aromatic N) is 2. The van der Waals surface area contributed by atoms with Crippen LogP contribution in [-0.4, -0.2) is 97.7 Å². The number of carboxylic acids is 1. The SMILES string of the molecule is NCCCCC(NC(=O)C(N)Cc1cnc[nH]1)C(=O)NC(CS)C(=O)NCC(=O)NC(Cc1cnc[nH]1)C(=O)O. The van der Waals surface area contributed by atoms with Crippen LogP contribution >= 0.6 is 12.6 Å². The highest BCUT2D eigenvalue weighted by Gasteiger charge is 2.28. The molecule has 0 spiro atoms. The van der Waals surface area contributed by atoms with E-state index in [2.05, 4.69) is 53.8 Å². The van der Waals surface area contributed by atoms with Crippen LogP contribution in [0, 0.1) is 0 Å². The molecule has 0 bridgehead atoms. The summed E-state index contributed by atoms with van der Waals surface area (Å²) in [5.74, 6) is -4.04. The molecule has 2 heterocycles. The van der Waals surface area contributed by atoms with Gasteiger partial charge in [-0.1, -0.05) is 0 Å². The van der Waals surface area contributed by atoms with Gasteiger partial charge in [-0.15, -0.1) is 0 Å². The van der Waals surface area contributed by atoms with Gasteiger partial charge in [-0.3, -0.25) is 19.2 Å². The standard InChI is InChI=1S/C23H36N10O6S/c24-4-2-1-3-16(32-20(35)15(25)5-13-7-26-11-29-13)22(37)33-18(10-40)21(36)28-9-19(34)31-17(23(38)39)6-14-8-27-12-30-14/h7-8,11-12,15-18,40H,1-6,9-10,24-25H2,(H,26,29)(H,27,30)(H,28,36)(H,31,34)(H,32,35)(H,33,37)(H,38,39). The van der Waals surface area contributed by atoms with Crippen molar-refractivity contribution >= 4 is 42.2 Å². The van der Waals surface area contributed by atoms with E-state index in [1.165, 1.54) is 25.0 Å². The number of imidazole rings is 2. The quantitative estimate of drug-likeness (QED) is 0.0629. The minimum absolute atomic E-state index is 0.0346. The maximum Gasteiger partial charge on any atom is 0.326 e. The number of thiol groups is 1. The number of carbonyl (C=O) groups excluding carboxylic acids is 4. The summed E-state index contributed by atoms with van der Waals surface area (Å²) in [6.07, 6.45) is 7.35. The maximum absolute atomic E-state index is 13.0. The first-order valence-electron chi connectivity index (χ1n) is 12.6. The Balaban J connectivity index is 1.92. The van der Waals surface area contributed by atoms with Gasteiger partial charge in [0.05, 0.1) is 25.2 Å². The summed E-state index contributed by atoms with van der Waals surface area (Å²) in [5.41, 5.74) is 12.7. The fourth-order valence-corrected chi connectivity index (χ4v) is 3.84. The predicted octanol–water partition coefficient (Wildman–Crippen LogP) is -3.04. The zero-order valence-electron chi connectivity index (χ0n) is 21.8. The van der Waals surface area contributed by atoms with Crippen molar-refractivity contribution < 1.29 is 29.1 Å². The smallest absolute Gasteiger partial charge is 0.326 e. The number of carboxylic acid groups (broad SMARTS) is 1. The summed E-state index contributed by atoms with van der Waals surface area (Å²) in [7, 11) is 0. The summed E-state index contributed by atoms with van der Waals surface area (Å²) in [6.45, 7) is -0.138. The molecular formula is C23H36N10O6S. The number of unbranched alkanes of at least 4 members (excludes halogenated alkanes) is 1. The third-order valence-corrected chi connectivity index (χ3v) is 6.13. The van der Waals surface area contributed by atoms with Crippen LogP contribution in [0.1, 0.15) is 30.7 Å². The number of rotatable bonds is 18. The number of hydrogen-bond acceptors (Lipinski definition) is 10. The van der Waals surface area contributed by atoms with Crippen LogP contribution in [-0.2, 0) is 36.8 Å². The molecule has 11 N–H and O–H groups in total. The van der Waals surface area contributed by atoms with Crippen LogP contribution < -0.4 is 32.7 Å². The van der Waals surface area contributed by atoms with Gasteiger partial charge in [-0.05, 0) is 25.8 Å². The third kappa shape index (κ3) is 11.0. The van der Waals surface area contributed by atoms with Gasteiger partial charge in [0.15, 0.2) is 0 Å². The third-order valence-electron chi connectivity index (χ3n) is 5.76. The number of hydrogen-bond donors (Lipinski definition) is 10. The van der Waals surface area contributed by atoms with Gasteiger partial charge in [0.25, 0.3) is 0 Å². The highest BCUT2D eigenvalue weighted by molar-refractivity contribution is 7.80. The van der Waals surface area contributed by atoms with Crippen molar-refractivity contribution in [1.29, 1.82) is 0 Å². The van der Waals surface area contributed by atoms with E-state index in [0.717, 1.165) is 0 Å². The maximum atomic E-state index is 13.0. The second-order valence-corrected chi connectivity index (χ2v) is 9.30. The van der Waals surface area contributed by atoms with Crippen LogP contribution in [0.4, 0.5) is 0 Å². The number of carbonyl (C=O) groups is 5. The van der Waals surface area contributed by atoms with Crippen LogP contribution in [0.15, 0.2) is 25.0 Å². The van der Waals surface area contributed by atoms with Crippen molar-refractivity contribution in [3.63, 3.8) is 0 Å². The van der Waals surface area contributed by atoms with Crippen molar-refractivity contribution in [3.05, 3.63) is 36.4 Å². The molecular weight excluding hydrogens is 544 g/mol. The Bertz CT molecular complexity index is 1100. The molecule has 0 aliphatic rings. The Morgan fingerprint density at radius 1 is 0.875 bits per heavy atom. The summed E-state index contributed by atoms with van der Waals surface area (Å²) >= 11 is 4.12. The number of H-pyrrole nitrogens is 2. The number of aliphatic carboxylic acids is 1. The Morgan fingerprint density at radius 2 is 1.50 bits per heavy atom. The van der Waals surface area contributed by atoms with Crippen LogP contribution in [0.25, 0.3) is 0 Å². The number of nitrogens with one attached hydrogen (secondary N) is 6. The number of amides is 4. The van der Waals surface area contributed by atoms with E-state index in [1.807, 2.05) is 0 Å². The Labute approximate surface area is 235 Å². The summed E-state index contributed by atoms with van der Waals surface area (Å²) in [4.78, 5) is 75.4. The van der Waals surface area contributed by atoms with E-state index < -0.39 is 60.3 Å².